The van der Waals surface area contributed by atoms with E-state index in [1.165, 1.54) is 0 Å². The number of carbonyl (C=O) groups is 2. The molecule has 0 aliphatic carbocycles. The van der Waals surface area contributed by atoms with E-state index in [-0.39, 0.29) is 24.0 Å². The largest absolute Gasteiger partial charge is 0.494 e. The molecule has 1 aliphatic heterocycles. The normalized spacial score (nSPS) is 14.0. The Morgan fingerprint density at radius 3 is 2.39 bits per heavy atom. The van der Waals surface area contributed by atoms with Crippen LogP contribution in [0.2, 0.25) is 10.0 Å². The Morgan fingerprint density at radius 2 is 1.70 bits per heavy atom. The fourth-order valence-corrected chi connectivity index (χ4v) is 7.45. The first-order valence-electron chi connectivity index (χ1n) is 15.2. The van der Waals surface area contributed by atoms with Crippen LogP contribution in [-0.2, 0) is 27.8 Å². The summed E-state index contributed by atoms with van der Waals surface area (Å²) in [5, 5.41) is 1.99. The van der Waals surface area contributed by atoms with Crippen LogP contribution >= 0.6 is 23.2 Å². The molecule has 1 aliphatic rings. The van der Waals surface area contributed by atoms with E-state index in [0.29, 0.717) is 72.3 Å². The number of ether oxygens (including phenoxy) is 2. The monoisotopic (exact) mass is 685 g/mol. The van der Waals surface area contributed by atoms with Gasteiger partial charge in [0.05, 0.1) is 12.4 Å². The second-order valence-electron chi connectivity index (χ2n) is 11.7. The smallest absolute Gasteiger partial charge is 0.410 e. The lowest BCUT2D eigenvalue weighted by Gasteiger charge is -2.31. The minimum absolute atomic E-state index is 0.176. The van der Waals surface area contributed by atoms with Gasteiger partial charge in [-0.05, 0) is 92.0 Å². The number of aromatic amines is 1. The average molecular weight is 687 g/mol. The Labute approximate surface area is 279 Å². The second-order valence-corrected chi connectivity index (χ2v) is 14.3. The molecule has 2 amide bonds. The number of carbonyl (C=O) groups excluding carboxylic acids is 2. The molecule has 0 radical (unpaired) electrons. The van der Waals surface area contributed by atoms with Gasteiger partial charge in [0.2, 0.25) is 10.0 Å². The number of likely N-dealkylation sites (tertiary alicyclic amines) is 1. The maximum atomic E-state index is 13.4. The summed E-state index contributed by atoms with van der Waals surface area (Å²) >= 11 is 12.5. The average Bonchev–Trinajstić information content (AvgIpc) is 3.38. The third-order valence-corrected chi connectivity index (χ3v) is 10.4. The van der Waals surface area contributed by atoms with Crippen molar-refractivity contribution in [2.24, 2.45) is 5.92 Å². The number of aryl methyl sites for hydroxylation is 3. The number of halogens is 2. The minimum Gasteiger partial charge on any atom is -0.494 e. The van der Waals surface area contributed by atoms with Gasteiger partial charge in [-0.25, -0.2) is 17.9 Å². The van der Waals surface area contributed by atoms with Crippen molar-refractivity contribution < 1.29 is 27.5 Å². The molecule has 0 bridgehead atoms. The van der Waals surface area contributed by atoms with E-state index in [4.69, 9.17) is 32.7 Å². The third kappa shape index (κ3) is 8.54. The second kappa shape index (κ2) is 14.8. The number of piperidine rings is 1. The van der Waals surface area contributed by atoms with Crippen molar-refractivity contribution in [2.75, 3.05) is 25.4 Å². The molecule has 46 heavy (non-hydrogen) atoms. The molecule has 1 aromatic heterocycles. The van der Waals surface area contributed by atoms with E-state index < -0.39 is 22.0 Å². The highest BCUT2D eigenvalue weighted by Crippen LogP contribution is 2.29. The van der Waals surface area contributed by atoms with Gasteiger partial charge in [0, 0.05) is 34.0 Å². The van der Waals surface area contributed by atoms with Crippen LogP contribution in [0.25, 0.3) is 10.9 Å². The quantitative estimate of drug-likeness (QED) is 0.161. The van der Waals surface area contributed by atoms with Crippen LogP contribution in [-0.4, -0.2) is 55.8 Å². The summed E-state index contributed by atoms with van der Waals surface area (Å²) in [5.41, 5.74) is 4.25. The Balaban J connectivity index is 1.17. The van der Waals surface area contributed by atoms with Crippen molar-refractivity contribution in [1.82, 2.24) is 14.6 Å². The molecule has 0 spiro atoms. The van der Waals surface area contributed by atoms with Crippen molar-refractivity contribution in [1.29, 1.82) is 0 Å². The Morgan fingerprint density at radius 1 is 1.00 bits per heavy atom. The Bertz CT molecular complexity index is 1800. The highest BCUT2D eigenvalue weighted by molar-refractivity contribution is 7.90. The molecule has 244 valence electrons. The molecule has 3 aromatic carbocycles. The first-order chi connectivity index (χ1) is 22.0. The van der Waals surface area contributed by atoms with Crippen LogP contribution < -0.4 is 9.46 Å². The van der Waals surface area contributed by atoms with Crippen LogP contribution in [0.5, 0.6) is 5.75 Å². The summed E-state index contributed by atoms with van der Waals surface area (Å²) in [6, 6.07) is 18.4. The summed E-state index contributed by atoms with van der Waals surface area (Å²) in [4.78, 5) is 30.6. The van der Waals surface area contributed by atoms with Crippen molar-refractivity contribution >= 4 is 56.1 Å². The maximum Gasteiger partial charge on any atom is 0.410 e. The van der Waals surface area contributed by atoms with Gasteiger partial charge in [-0.2, -0.15) is 0 Å². The van der Waals surface area contributed by atoms with Gasteiger partial charge in [0.15, 0.2) is 0 Å². The summed E-state index contributed by atoms with van der Waals surface area (Å²) in [5.74, 6) is -0.444. The van der Waals surface area contributed by atoms with Crippen molar-refractivity contribution in [3.63, 3.8) is 0 Å². The topological polar surface area (TPSA) is 118 Å². The number of sulfonamides is 1. The molecule has 12 heteroatoms. The standard InChI is InChI=1S/C34H37Cl2N3O6S/c1-22-17-27(18-23(2)31(22)36)44-16-6-9-29-28-11-10-26(35)19-30(28)37-32(29)33(40)38-46(42,43)21-25-12-14-39(15-13-25)34(41)45-20-24-7-4-3-5-8-24/h3-5,7-8,10-11,17-19,25,37H,6,9,12-16,20-21H2,1-2H3,(H,38,40). The number of nitrogens with one attached hydrogen (secondary N) is 2. The zero-order chi connectivity index (χ0) is 32.8. The predicted octanol–water partition coefficient (Wildman–Crippen LogP) is 7.21. The molecule has 9 nitrogen and oxygen atoms in total. The number of fused-ring (bicyclic) bond motifs is 1. The molecule has 2 N–H and O–H groups in total. The van der Waals surface area contributed by atoms with Crippen molar-refractivity contribution in [3.05, 3.63) is 98.7 Å². The van der Waals surface area contributed by atoms with Gasteiger partial charge < -0.3 is 19.4 Å². The van der Waals surface area contributed by atoms with Crippen LogP contribution in [0.4, 0.5) is 4.79 Å². The van der Waals surface area contributed by atoms with E-state index in [0.717, 1.165) is 22.1 Å². The number of amides is 2. The molecule has 5 rings (SSSR count). The highest BCUT2D eigenvalue weighted by Gasteiger charge is 2.29. The molecule has 0 saturated carbocycles. The first-order valence-corrected chi connectivity index (χ1v) is 17.6. The zero-order valence-corrected chi connectivity index (χ0v) is 28.1. The van der Waals surface area contributed by atoms with E-state index in [9.17, 15) is 18.0 Å². The van der Waals surface area contributed by atoms with Gasteiger partial charge in [-0.15, -0.1) is 0 Å². The SMILES string of the molecule is Cc1cc(OCCCc2c(C(=O)NS(=O)(=O)CC3CCN(C(=O)OCc4ccccc4)CC3)[nH]c3cc(Cl)ccc23)cc(C)c1Cl. The number of nitrogens with zero attached hydrogens (tertiary/aromatic N) is 1. The van der Waals surface area contributed by atoms with Gasteiger partial charge >= 0.3 is 6.09 Å². The highest BCUT2D eigenvalue weighted by atomic mass is 35.5. The van der Waals surface area contributed by atoms with E-state index in [1.807, 2.05) is 62.4 Å². The fourth-order valence-electron chi connectivity index (χ4n) is 5.75. The number of aromatic nitrogens is 1. The van der Waals surface area contributed by atoms with Crippen molar-refractivity contribution in [2.45, 2.75) is 46.1 Å². The summed E-state index contributed by atoms with van der Waals surface area (Å²) in [7, 11) is -3.96. The Hall–Kier alpha value is -3.73. The number of hydrogen-bond acceptors (Lipinski definition) is 6. The van der Waals surface area contributed by atoms with Gasteiger partial charge in [-0.3, -0.25) is 4.79 Å². The van der Waals surface area contributed by atoms with Gasteiger partial charge in [0.1, 0.15) is 18.1 Å². The third-order valence-electron chi connectivity index (χ3n) is 8.13. The van der Waals surface area contributed by atoms with Crippen LogP contribution in [0.1, 0.15) is 52.0 Å². The number of rotatable bonds is 11. The summed E-state index contributed by atoms with van der Waals surface area (Å²) < 4.78 is 39.9. The lowest BCUT2D eigenvalue weighted by atomic mass is 9.99. The van der Waals surface area contributed by atoms with Gasteiger partial charge in [-0.1, -0.05) is 59.6 Å². The zero-order valence-electron chi connectivity index (χ0n) is 25.8. The number of hydrogen-bond donors (Lipinski definition) is 2. The number of benzene rings is 3. The predicted molar refractivity (Wildman–Crippen MR) is 180 cm³/mol. The lowest BCUT2D eigenvalue weighted by molar-refractivity contribution is 0.0839. The molecule has 1 saturated heterocycles. The molecule has 2 heterocycles. The van der Waals surface area contributed by atoms with E-state index in [2.05, 4.69) is 9.71 Å². The van der Waals surface area contributed by atoms with Crippen molar-refractivity contribution in [3.8, 4) is 5.75 Å². The lowest BCUT2D eigenvalue weighted by Crippen LogP contribution is -2.42. The maximum absolute atomic E-state index is 13.4. The molecule has 1 fully saturated rings. The van der Waals surface area contributed by atoms with E-state index in [1.54, 1.807) is 17.0 Å². The molecule has 0 atom stereocenters. The molecular weight excluding hydrogens is 649 g/mol. The Kier molecular flexibility index (Phi) is 10.8. The van der Waals surface area contributed by atoms with Crippen LogP contribution in [0.15, 0.2) is 60.7 Å². The molecule has 4 aromatic rings. The minimum atomic E-state index is -3.96. The molecule has 0 unspecified atom stereocenters. The van der Waals surface area contributed by atoms with Crippen LogP contribution in [0.3, 0.4) is 0 Å². The fraction of sp³-hybridized carbons (Fsp3) is 0.353. The summed E-state index contributed by atoms with van der Waals surface area (Å²) in [6.45, 7) is 5.17. The van der Waals surface area contributed by atoms with E-state index >= 15 is 0 Å². The van der Waals surface area contributed by atoms with Crippen LogP contribution in [0, 0.1) is 19.8 Å². The molecular formula is C34H37Cl2N3O6S. The summed E-state index contributed by atoms with van der Waals surface area (Å²) in [6.07, 6.45) is 1.59. The first kappa shape index (κ1) is 33.6. The number of H-pyrrole nitrogens is 1. The van der Waals surface area contributed by atoms with Gasteiger partial charge in [0.25, 0.3) is 5.91 Å².